The summed E-state index contributed by atoms with van der Waals surface area (Å²) >= 11 is 0. The highest BCUT2D eigenvalue weighted by Gasteiger charge is 2.00. The van der Waals surface area contributed by atoms with E-state index in [0.29, 0.717) is 19.6 Å². The Kier molecular flexibility index (Phi) is 6.33. The van der Waals surface area contributed by atoms with Gasteiger partial charge in [-0.2, -0.15) is 0 Å². The van der Waals surface area contributed by atoms with Crippen LogP contribution in [-0.4, -0.2) is 25.7 Å². The number of carbonyl (C=O) groups is 1. The first-order valence-electron chi connectivity index (χ1n) is 6.15. The van der Waals surface area contributed by atoms with Crippen molar-refractivity contribution in [1.82, 2.24) is 5.32 Å². The van der Waals surface area contributed by atoms with Crippen LogP contribution in [0.1, 0.15) is 24.5 Å². The fraction of sp³-hybridized carbons (Fsp3) is 0.500. The molecule has 0 saturated heterocycles. The van der Waals surface area contributed by atoms with Gasteiger partial charge in [0, 0.05) is 6.54 Å². The molecule has 0 fully saturated rings. The molecule has 0 amide bonds. The van der Waals surface area contributed by atoms with Crippen molar-refractivity contribution in [3.8, 4) is 0 Å². The van der Waals surface area contributed by atoms with Gasteiger partial charge in [0.15, 0.2) is 0 Å². The minimum absolute atomic E-state index is 0.129. The highest BCUT2D eigenvalue weighted by molar-refractivity contribution is 5.69. The van der Waals surface area contributed by atoms with Crippen LogP contribution in [0.15, 0.2) is 24.3 Å². The van der Waals surface area contributed by atoms with Gasteiger partial charge in [0.05, 0.1) is 13.0 Å². The lowest BCUT2D eigenvalue weighted by Crippen LogP contribution is -2.22. The number of hydrogen-bond donors (Lipinski definition) is 1. The zero-order chi connectivity index (χ0) is 12.5. The lowest BCUT2D eigenvalue weighted by atomic mass is 10.1. The molecule has 0 heterocycles. The Morgan fingerprint density at radius 3 is 2.76 bits per heavy atom. The van der Waals surface area contributed by atoms with E-state index in [0.717, 1.165) is 13.0 Å². The van der Waals surface area contributed by atoms with Crippen LogP contribution in [0.2, 0.25) is 0 Å². The summed E-state index contributed by atoms with van der Waals surface area (Å²) in [5.41, 5.74) is 2.68. The normalized spacial score (nSPS) is 10.2. The van der Waals surface area contributed by atoms with Crippen LogP contribution in [0, 0.1) is 6.92 Å². The molecular formula is C14H21NO2. The van der Waals surface area contributed by atoms with E-state index in [1.165, 1.54) is 11.1 Å². The number of aryl methyl sites for hydroxylation is 1. The molecule has 1 N–H and O–H groups in total. The standard InChI is InChI=1S/C14H21NO2/c1-3-17-14(16)9-11-15-10-8-13-7-5-4-6-12(13)2/h4-7,15H,3,8-11H2,1-2H3. The van der Waals surface area contributed by atoms with E-state index in [1.807, 2.05) is 13.0 Å². The summed E-state index contributed by atoms with van der Waals surface area (Å²) < 4.78 is 4.85. The van der Waals surface area contributed by atoms with Crippen molar-refractivity contribution in [3.63, 3.8) is 0 Å². The van der Waals surface area contributed by atoms with Gasteiger partial charge in [-0.05, 0) is 37.9 Å². The average Bonchev–Trinajstić information content (AvgIpc) is 2.31. The highest BCUT2D eigenvalue weighted by Crippen LogP contribution is 2.06. The Balaban J connectivity index is 2.13. The second-order valence-corrected chi connectivity index (χ2v) is 3.98. The maximum atomic E-state index is 11.1. The first kappa shape index (κ1) is 13.7. The van der Waals surface area contributed by atoms with Crippen LogP contribution < -0.4 is 5.32 Å². The van der Waals surface area contributed by atoms with Crippen molar-refractivity contribution in [2.45, 2.75) is 26.7 Å². The van der Waals surface area contributed by atoms with E-state index in [2.05, 4.69) is 30.4 Å². The lowest BCUT2D eigenvalue weighted by molar-refractivity contribution is -0.142. The number of nitrogens with one attached hydrogen (secondary N) is 1. The van der Waals surface area contributed by atoms with Gasteiger partial charge in [-0.25, -0.2) is 0 Å². The predicted octanol–water partition coefficient (Wildman–Crippen LogP) is 2.08. The third-order valence-corrected chi connectivity index (χ3v) is 2.64. The van der Waals surface area contributed by atoms with Crippen molar-refractivity contribution in [1.29, 1.82) is 0 Å². The molecule has 0 spiro atoms. The summed E-state index contributed by atoms with van der Waals surface area (Å²) in [6.07, 6.45) is 1.44. The first-order chi connectivity index (χ1) is 8.24. The van der Waals surface area contributed by atoms with Crippen LogP contribution in [0.4, 0.5) is 0 Å². The van der Waals surface area contributed by atoms with Crippen LogP contribution in [0.5, 0.6) is 0 Å². The van der Waals surface area contributed by atoms with E-state index >= 15 is 0 Å². The maximum Gasteiger partial charge on any atom is 0.307 e. The molecule has 0 atom stereocenters. The van der Waals surface area contributed by atoms with Crippen LogP contribution in [0.25, 0.3) is 0 Å². The van der Waals surface area contributed by atoms with Crippen molar-refractivity contribution >= 4 is 5.97 Å². The Morgan fingerprint density at radius 1 is 1.29 bits per heavy atom. The molecule has 1 rings (SSSR count). The van der Waals surface area contributed by atoms with Gasteiger partial charge in [0.2, 0.25) is 0 Å². The van der Waals surface area contributed by atoms with Gasteiger partial charge < -0.3 is 10.1 Å². The lowest BCUT2D eigenvalue weighted by Gasteiger charge is -2.07. The number of hydrogen-bond acceptors (Lipinski definition) is 3. The molecule has 0 aliphatic rings. The summed E-state index contributed by atoms with van der Waals surface area (Å²) in [5, 5.41) is 3.25. The van der Waals surface area contributed by atoms with Crippen LogP contribution in [0.3, 0.4) is 0 Å². The van der Waals surface area contributed by atoms with Gasteiger partial charge in [-0.3, -0.25) is 4.79 Å². The minimum Gasteiger partial charge on any atom is -0.466 e. The first-order valence-corrected chi connectivity index (χ1v) is 6.15. The van der Waals surface area contributed by atoms with E-state index < -0.39 is 0 Å². The molecule has 0 aromatic heterocycles. The zero-order valence-electron chi connectivity index (χ0n) is 10.7. The quantitative estimate of drug-likeness (QED) is 0.581. The molecule has 0 radical (unpaired) electrons. The number of ether oxygens (including phenoxy) is 1. The zero-order valence-corrected chi connectivity index (χ0v) is 10.7. The molecule has 17 heavy (non-hydrogen) atoms. The molecular weight excluding hydrogens is 214 g/mol. The topological polar surface area (TPSA) is 38.3 Å². The van der Waals surface area contributed by atoms with Gasteiger partial charge in [-0.1, -0.05) is 24.3 Å². The molecule has 1 aromatic rings. The fourth-order valence-electron chi connectivity index (χ4n) is 1.66. The van der Waals surface area contributed by atoms with Crippen molar-refractivity contribution in [2.24, 2.45) is 0 Å². The van der Waals surface area contributed by atoms with Gasteiger partial charge in [0.1, 0.15) is 0 Å². The molecule has 0 bridgehead atoms. The molecule has 0 saturated carbocycles. The van der Waals surface area contributed by atoms with Gasteiger partial charge in [-0.15, -0.1) is 0 Å². The molecule has 3 heteroatoms. The maximum absolute atomic E-state index is 11.1. The van der Waals surface area contributed by atoms with Crippen molar-refractivity contribution in [3.05, 3.63) is 35.4 Å². The second-order valence-electron chi connectivity index (χ2n) is 3.98. The minimum atomic E-state index is -0.129. The summed E-state index contributed by atoms with van der Waals surface area (Å²) in [7, 11) is 0. The highest BCUT2D eigenvalue weighted by atomic mass is 16.5. The van der Waals surface area contributed by atoms with Crippen molar-refractivity contribution in [2.75, 3.05) is 19.7 Å². The molecule has 0 aliphatic carbocycles. The predicted molar refractivity (Wildman–Crippen MR) is 69.0 cm³/mol. The van der Waals surface area contributed by atoms with E-state index in [9.17, 15) is 4.79 Å². The van der Waals surface area contributed by atoms with Crippen molar-refractivity contribution < 1.29 is 9.53 Å². The Bertz CT molecular complexity index is 350. The number of benzene rings is 1. The Morgan fingerprint density at radius 2 is 2.06 bits per heavy atom. The number of esters is 1. The van der Waals surface area contributed by atoms with E-state index in [4.69, 9.17) is 4.74 Å². The molecule has 1 aromatic carbocycles. The van der Waals surface area contributed by atoms with Crippen LogP contribution >= 0.6 is 0 Å². The van der Waals surface area contributed by atoms with Crippen LogP contribution in [-0.2, 0) is 16.0 Å². The van der Waals surface area contributed by atoms with Gasteiger partial charge >= 0.3 is 5.97 Å². The Labute approximate surface area is 103 Å². The molecule has 0 unspecified atom stereocenters. The van der Waals surface area contributed by atoms with E-state index in [-0.39, 0.29) is 5.97 Å². The second kappa shape index (κ2) is 7.85. The Hall–Kier alpha value is -1.35. The molecule has 3 nitrogen and oxygen atoms in total. The number of rotatable bonds is 7. The molecule has 94 valence electrons. The van der Waals surface area contributed by atoms with E-state index in [1.54, 1.807) is 0 Å². The summed E-state index contributed by atoms with van der Waals surface area (Å²) in [4.78, 5) is 11.1. The third-order valence-electron chi connectivity index (χ3n) is 2.64. The SMILES string of the molecule is CCOC(=O)CCNCCc1ccccc1C. The average molecular weight is 235 g/mol. The summed E-state index contributed by atoms with van der Waals surface area (Å²) in [6.45, 7) is 5.98. The van der Waals surface area contributed by atoms with Gasteiger partial charge in [0.25, 0.3) is 0 Å². The summed E-state index contributed by atoms with van der Waals surface area (Å²) in [5.74, 6) is -0.129. The smallest absolute Gasteiger partial charge is 0.307 e. The summed E-state index contributed by atoms with van der Waals surface area (Å²) in [6, 6.07) is 8.37. The third kappa shape index (κ3) is 5.50. The number of carbonyl (C=O) groups excluding carboxylic acids is 1. The molecule has 0 aliphatic heterocycles. The largest absolute Gasteiger partial charge is 0.466 e. The monoisotopic (exact) mass is 235 g/mol. The fourth-order valence-corrected chi connectivity index (χ4v) is 1.66.